The normalized spacial score (nSPS) is 11.1. The highest BCUT2D eigenvalue weighted by Crippen LogP contribution is 2.21. The third-order valence-corrected chi connectivity index (χ3v) is 4.37. The van der Waals surface area contributed by atoms with E-state index in [0.29, 0.717) is 5.56 Å². The second-order valence-corrected chi connectivity index (χ2v) is 6.39. The Morgan fingerprint density at radius 3 is 2.35 bits per heavy atom. The maximum absolute atomic E-state index is 13.2. The molecular weight excluding hydrogens is 323 g/mol. The van der Waals surface area contributed by atoms with E-state index in [4.69, 9.17) is 4.18 Å². The molecule has 0 aliphatic heterocycles. The SMILES string of the molecule is COC(=O)Cc1ccc(OS(=O)(=O)c2ccc(F)c(C)c2)cc1. The summed E-state index contributed by atoms with van der Waals surface area (Å²) in [7, 11) is -2.76. The van der Waals surface area contributed by atoms with Gasteiger partial charge in [-0.25, -0.2) is 4.39 Å². The Kier molecular flexibility index (Phi) is 5.00. The lowest BCUT2D eigenvalue weighted by molar-refractivity contribution is -0.139. The summed E-state index contributed by atoms with van der Waals surface area (Å²) in [6.07, 6.45) is 0.0840. The van der Waals surface area contributed by atoms with E-state index in [9.17, 15) is 17.6 Å². The monoisotopic (exact) mass is 338 g/mol. The van der Waals surface area contributed by atoms with E-state index in [2.05, 4.69) is 4.74 Å². The molecule has 0 saturated heterocycles. The van der Waals surface area contributed by atoms with E-state index >= 15 is 0 Å². The number of aryl methyl sites for hydroxylation is 1. The average molecular weight is 338 g/mol. The van der Waals surface area contributed by atoms with Gasteiger partial charge in [0.1, 0.15) is 16.5 Å². The minimum Gasteiger partial charge on any atom is -0.469 e. The smallest absolute Gasteiger partial charge is 0.339 e. The molecule has 0 aliphatic carbocycles. The van der Waals surface area contributed by atoms with Crippen LogP contribution in [0.5, 0.6) is 5.75 Å². The average Bonchev–Trinajstić information content (AvgIpc) is 2.51. The first-order valence-electron chi connectivity index (χ1n) is 6.68. The van der Waals surface area contributed by atoms with Crippen LogP contribution in [0.15, 0.2) is 47.4 Å². The van der Waals surface area contributed by atoms with Gasteiger partial charge >= 0.3 is 16.1 Å². The van der Waals surface area contributed by atoms with Crippen molar-refractivity contribution < 1.29 is 26.5 Å². The van der Waals surface area contributed by atoms with Gasteiger partial charge in [-0.15, -0.1) is 0 Å². The van der Waals surface area contributed by atoms with Crippen molar-refractivity contribution in [3.8, 4) is 5.75 Å². The third-order valence-electron chi connectivity index (χ3n) is 3.12. The number of ether oxygens (including phenoxy) is 1. The molecule has 7 heteroatoms. The quantitative estimate of drug-likeness (QED) is 0.619. The molecule has 0 aromatic heterocycles. The van der Waals surface area contributed by atoms with Crippen LogP contribution in [0.25, 0.3) is 0 Å². The van der Waals surface area contributed by atoms with Gasteiger partial charge < -0.3 is 8.92 Å². The zero-order valence-electron chi connectivity index (χ0n) is 12.6. The molecule has 0 amide bonds. The van der Waals surface area contributed by atoms with Crippen molar-refractivity contribution in [3.63, 3.8) is 0 Å². The van der Waals surface area contributed by atoms with Crippen molar-refractivity contribution in [2.45, 2.75) is 18.2 Å². The molecule has 2 aromatic rings. The van der Waals surface area contributed by atoms with Gasteiger partial charge in [0, 0.05) is 0 Å². The summed E-state index contributed by atoms with van der Waals surface area (Å²) in [6.45, 7) is 1.47. The standard InChI is InChI=1S/C16H15FO5S/c1-11-9-14(7-8-15(11)17)23(19,20)22-13-5-3-12(4-6-13)10-16(18)21-2/h3-9H,10H2,1-2H3. The molecule has 0 heterocycles. The van der Waals surface area contributed by atoms with Gasteiger partial charge in [-0.05, 0) is 48.4 Å². The summed E-state index contributed by atoms with van der Waals surface area (Å²) >= 11 is 0. The van der Waals surface area contributed by atoms with Crippen LogP contribution in [0.1, 0.15) is 11.1 Å². The second kappa shape index (κ2) is 6.78. The predicted octanol–water partition coefficient (Wildman–Crippen LogP) is 2.62. The minimum atomic E-state index is -4.05. The first-order valence-corrected chi connectivity index (χ1v) is 8.09. The molecule has 0 radical (unpaired) electrons. The number of carbonyl (C=O) groups is 1. The number of rotatable bonds is 5. The fourth-order valence-electron chi connectivity index (χ4n) is 1.85. The maximum Gasteiger partial charge on any atom is 0.339 e. The molecule has 0 bridgehead atoms. The molecule has 0 atom stereocenters. The Morgan fingerprint density at radius 1 is 1.13 bits per heavy atom. The van der Waals surface area contributed by atoms with Gasteiger partial charge in [-0.2, -0.15) is 8.42 Å². The molecule has 0 N–H and O–H groups in total. The number of hydrogen-bond acceptors (Lipinski definition) is 5. The summed E-state index contributed by atoms with van der Waals surface area (Å²) in [5, 5.41) is 0. The predicted molar refractivity (Wildman–Crippen MR) is 81.1 cm³/mol. The number of esters is 1. The van der Waals surface area contributed by atoms with Gasteiger partial charge in [0.05, 0.1) is 13.5 Å². The summed E-state index contributed by atoms with van der Waals surface area (Å²) in [4.78, 5) is 11.0. The number of benzene rings is 2. The van der Waals surface area contributed by atoms with Crippen LogP contribution >= 0.6 is 0 Å². The molecule has 0 aliphatic rings. The first kappa shape index (κ1) is 17.0. The van der Waals surface area contributed by atoms with Crippen molar-refractivity contribution in [2.75, 3.05) is 7.11 Å². The Bertz CT molecular complexity index is 813. The largest absolute Gasteiger partial charge is 0.469 e. The molecule has 5 nitrogen and oxygen atoms in total. The van der Waals surface area contributed by atoms with Crippen LogP contribution in [0.4, 0.5) is 4.39 Å². The number of halogens is 1. The van der Waals surface area contributed by atoms with Crippen LogP contribution in [-0.2, 0) is 26.1 Å². The van der Waals surface area contributed by atoms with E-state index in [0.717, 1.165) is 12.1 Å². The fourth-order valence-corrected chi connectivity index (χ4v) is 2.87. The molecule has 0 fully saturated rings. The van der Waals surface area contributed by atoms with Gasteiger partial charge in [-0.3, -0.25) is 4.79 Å². The maximum atomic E-state index is 13.2. The molecule has 2 rings (SSSR count). The Labute approximate surface area is 133 Å². The highest BCUT2D eigenvalue weighted by molar-refractivity contribution is 7.87. The van der Waals surface area contributed by atoms with Crippen LogP contribution in [-0.4, -0.2) is 21.5 Å². The fraction of sp³-hybridized carbons (Fsp3) is 0.188. The van der Waals surface area contributed by atoms with E-state index < -0.39 is 21.9 Å². The minimum absolute atomic E-state index is 0.0840. The summed E-state index contributed by atoms with van der Waals surface area (Å²) < 4.78 is 47.1. The van der Waals surface area contributed by atoms with E-state index in [1.807, 2.05) is 0 Å². The molecule has 122 valence electrons. The lowest BCUT2D eigenvalue weighted by Crippen LogP contribution is -2.10. The van der Waals surface area contributed by atoms with Gasteiger partial charge in [-0.1, -0.05) is 12.1 Å². The van der Waals surface area contributed by atoms with E-state index in [-0.39, 0.29) is 22.6 Å². The van der Waals surface area contributed by atoms with Crippen LogP contribution < -0.4 is 4.18 Å². The number of hydrogen-bond donors (Lipinski definition) is 0. The van der Waals surface area contributed by atoms with Crippen LogP contribution in [0, 0.1) is 12.7 Å². The zero-order valence-corrected chi connectivity index (χ0v) is 13.4. The third kappa shape index (κ3) is 4.29. The summed E-state index contributed by atoms with van der Waals surface area (Å²) in [6, 6.07) is 9.43. The highest BCUT2D eigenvalue weighted by atomic mass is 32.2. The van der Waals surface area contributed by atoms with Gasteiger partial charge in [0.25, 0.3) is 0 Å². The van der Waals surface area contributed by atoms with Crippen molar-refractivity contribution in [2.24, 2.45) is 0 Å². The Hall–Kier alpha value is -2.41. The van der Waals surface area contributed by atoms with Crippen molar-refractivity contribution in [3.05, 3.63) is 59.4 Å². The molecule has 23 heavy (non-hydrogen) atoms. The van der Waals surface area contributed by atoms with Crippen LogP contribution in [0.3, 0.4) is 0 Å². The number of carbonyl (C=O) groups excluding carboxylic acids is 1. The Morgan fingerprint density at radius 2 is 1.78 bits per heavy atom. The van der Waals surface area contributed by atoms with Gasteiger partial charge in [0.15, 0.2) is 0 Å². The van der Waals surface area contributed by atoms with Crippen LogP contribution in [0.2, 0.25) is 0 Å². The van der Waals surface area contributed by atoms with Crippen molar-refractivity contribution in [1.29, 1.82) is 0 Å². The summed E-state index contributed by atoms with van der Waals surface area (Å²) in [5.41, 5.74) is 0.877. The van der Waals surface area contributed by atoms with Crippen molar-refractivity contribution >= 4 is 16.1 Å². The lowest BCUT2D eigenvalue weighted by Gasteiger charge is -2.08. The van der Waals surface area contributed by atoms with Crippen molar-refractivity contribution in [1.82, 2.24) is 0 Å². The molecule has 0 spiro atoms. The number of methoxy groups -OCH3 is 1. The lowest BCUT2D eigenvalue weighted by atomic mass is 10.1. The van der Waals surface area contributed by atoms with E-state index in [1.165, 1.54) is 32.2 Å². The second-order valence-electron chi connectivity index (χ2n) is 4.85. The first-order chi connectivity index (χ1) is 10.8. The summed E-state index contributed by atoms with van der Waals surface area (Å²) in [5.74, 6) is -0.787. The zero-order chi connectivity index (χ0) is 17.0. The van der Waals surface area contributed by atoms with E-state index in [1.54, 1.807) is 12.1 Å². The molecule has 2 aromatic carbocycles. The highest BCUT2D eigenvalue weighted by Gasteiger charge is 2.18. The molecule has 0 saturated carbocycles. The Balaban J connectivity index is 2.17. The topological polar surface area (TPSA) is 69.7 Å². The van der Waals surface area contributed by atoms with Gasteiger partial charge in [0.2, 0.25) is 0 Å². The molecular formula is C16H15FO5S. The molecule has 0 unspecified atom stereocenters.